The summed E-state index contributed by atoms with van der Waals surface area (Å²) >= 11 is 0. The van der Waals surface area contributed by atoms with E-state index in [-0.39, 0.29) is 5.91 Å². The Balaban J connectivity index is 2.87. The van der Waals surface area contributed by atoms with E-state index in [2.05, 4.69) is 27.2 Å². The van der Waals surface area contributed by atoms with Crippen molar-refractivity contribution in [2.24, 2.45) is 0 Å². The van der Waals surface area contributed by atoms with Gasteiger partial charge in [0.1, 0.15) is 0 Å². The van der Waals surface area contributed by atoms with E-state index < -0.39 is 0 Å². The summed E-state index contributed by atoms with van der Waals surface area (Å²) in [5, 5.41) is 5.52. The first-order valence-corrected chi connectivity index (χ1v) is 4.58. The predicted octanol–water partition coefficient (Wildman–Crippen LogP) is 0.797. The Bertz CT molecular complexity index is 376. The molecule has 80 valence electrons. The summed E-state index contributed by atoms with van der Waals surface area (Å²) < 4.78 is 0. The third-order valence-corrected chi connectivity index (χ3v) is 1.84. The number of amides is 1. The summed E-state index contributed by atoms with van der Waals surface area (Å²) in [6.07, 6.45) is 3.31. The zero-order chi connectivity index (χ0) is 11.3. The summed E-state index contributed by atoms with van der Waals surface area (Å²) in [6, 6.07) is 0. The van der Waals surface area contributed by atoms with Crippen molar-refractivity contribution >= 4 is 17.9 Å². The maximum Gasteiger partial charge on any atom is 0.222 e. The zero-order valence-electron chi connectivity index (χ0n) is 8.87. The minimum atomic E-state index is -0.0808. The first-order chi connectivity index (χ1) is 7.17. The maximum atomic E-state index is 10.7. The van der Waals surface area contributed by atoms with E-state index in [9.17, 15) is 4.79 Å². The summed E-state index contributed by atoms with van der Waals surface area (Å²) in [5.41, 5.74) is 1.57. The molecule has 5 heteroatoms. The van der Waals surface area contributed by atoms with E-state index in [0.717, 1.165) is 11.3 Å². The quantitative estimate of drug-likeness (QED) is 0.764. The minimum Gasteiger partial charge on any atom is -0.357 e. The van der Waals surface area contributed by atoms with Crippen LogP contribution in [0.2, 0.25) is 0 Å². The van der Waals surface area contributed by atoms with Crippen LogP contribution in [0.5, 0.6) is 0 Å². The lowest BCUT2D eigenvalue weighted by Gasteiger charge is -2.07. The molecule has 1 aromatic rings. The number of nitrogens with one attached hydrogen (secondary N) is 2. The van der Waals surface area contributed by atoms with Crippen LogP contribution in [0.4, 0.5) is 5.95 Å². The Kier molecular flexibility index (Phi) is 3.79. The van der Waals surface area contributed by atoms with E-state index in [4.69, 9.17) is 0 Å². The van der Waals surface area contributed by atoms with Gasteiger partial charge in [-0.25, -0.2) is 9.97 Å². The van der Waals surface area contributed by atoms with E-state index >= 15 is 0 Å². The number of carbonyl (C=O) groups is 1. The molecule has 0 fully saturated rings. The minimum absolute atomic E-state index is 0.0808. The van der Waals surface area contributed by atoms with Gasteiger partial charge >= 0.3 is 0 Å². The van der Waals surface area contributed by atoms with Crippen molar-refractivity contribution in [3.8, 4) is 0 Å². The van der Waals surface area contributed by atoms with Crippen molar-refractivity contribution in [2.75, 3.05) is 12.4 Å². The summed E-state index contributed by atoms with van der Waals surface area (Å²) in [4.78, 5) is 19.0. The van der Waals surface area contributed by atoms with Crippen LogP contribution in [0.15, 0.2) is 12.8 Å². The maximum absolute atomic E-state index is 10.7. The van der Waals surface area contributed by atoms with Gasteiger partial charge in [-0.05, 0) is 6.08 Å². The van der Waals surface area contributed by atoms with Gasteiger partial charge in [0.05, 0.1) is 5.69 Å². The molecule has 1 aromatic heterocycles. The Morgan fingerprint density at radius 3 is 2.93 bits per heavy atom. The lowest BCUT2D eigenvalue weighted by molar-refractivity contribution is -0.119. The van der Waals surface area contributed by atoms with Crippen molar-refractivity contribution in [1.82, 2.24) is 15.3 Å². The number of carbonyl (C=O) groups excluding carboxylic acids is 1. The first-order valence-electron chi connectivity index (χ1n) is 4.58. The molecule has 0 bridgehead atoms. The van der Waals surface area contributed by atoms with Gasteiger partial charge < -0.3 is 10.6 Å². The third-order valence-electron chi connectivity index (χ3n) is 1.84. The fraction of sp³-hybridized carbons (Fsp3) is 0.300. The highest BCUT2D eigenvalue weighted by Crippen LogP contribution is 2.08. The zero-order valence-corrected chi connectivity index (χ0v) is 8.87. The lowest BCUT2D eigenvalue weighted by atomic mass is 10.2. The molecule has 0 aliphatic heterocycles. The molecule has 0 unspecified atom stereocenters. The van der Waals surface area contributed by atoms with Gasteiger partial charge in [0.2, 0.25) is 11.9 Å². The van der Waals surface area contributed by atoms with Crippen molar-refractivity contribution in [3.63, 3.8) is 0 Å². The molecule has 0 radical (unpaired) electrons. The third kappa shape index (κ3) is 3.05. The molecule has 0 saturated heterocycles. The highest BCUT2D eigenvalue weighted by Gasteiger charge is 2.03. The average Bonchev–Trinajstić information content (AvgIpc) is 2.25. The lowest BCUT2D eigenvalue weighted by Crippen LogP contribution is -2.20. The van der Waals surface area contributed by atoms with Gasteiger partial charge in [-0.2, -0.15) is 0 Å². The number of hydrogen-bond donors (Lipinski definition) is 2. The van der Waals surface area contributed by atoms with Crippen LogP contribution in [0.3, 0.4) is 0 Å². The highest BCUT2D eigenvalue weighted by molar-refractivity contribution is 5.72. The number of rotatable bonds is 4. The molecule has 1 heterocycles. The summed E-state index contributed by atoms with van der Waals surface area (Å²) in [5.74, 6) is 0.458. The van der Waals surface area contributed by atoms with Crippen LogP contribution in [0.1, 0.15) is 18.2 Å². The Hall–Kier alpha value is -1.91. The first kappa shape index (κ1) is 11.2. The van der Waals surface area contributed by atoms with Gasteiger partial charge in [0.15, 0.2) is 0 Å². The molecule has 0 saturated carbocycles. The highest BCUT2D eigenvalue weighted by atomic mass is 16.1. The molecule has 0 aliphatic carbocycles. The Morgan fingerprint density at radius 2 is 2.40 bits per heavy atom. The van der Waals surface area contributed by atoms with Gasteiger partial charge in [0, 0.05) is 32.3 Å². The number of anilines is 1. The second-order valence-electron chi connectivity index (χ2n) is 2.97. The van der Waals surface area contributed by atoms with Gasteiger partial charge in [-0.1, -0.05) is 6.58 Å². The fourth-order valence-corrected chi connectivity index (χ4v) is 1.07. The molecule has 15 heavy (non-hydrogen) atoms. The van der Waals surface area contributed by atoms with Gasteiger partial charge in [-0.15, -0.1) is 0 Å². The molecule has 0 aromatic carbocycles. The Morgan fingerprint density at radius 1 is 1.67 bits per heavy atom. The number of hydrogen-bond acceptors (Lipinski definition) is 4. The second kappa shape index (κ2) is 5.09. The number of aromatic nitrogens is 2. The van der Waals surface area contributed by atoms with Crippen LogP contribution >= 0.6 is 0 Å². The van der Waals surface area contributed by atoms with Crippen molar-refractivity contribution < 1.29 is 4.79 Å². The molecule has 1 amide bonds. The monoisotopic (exact) mass is 206 g/mol. The molecule has 0 atom stereocenters. The van der Waals surface area contributed by atoms with E-state index in [0.29, 0.717) is 12.5 Å². The fourth-order valence-electron chi connectivity index (χ4n) is 1.07. The molecule has 2 N–H and O–H groups in total. The van der Waals surface area contributed by atoms with Crippen molar-refractivity contribution in [2.45, 2.75) is 13.5 Å². The van der Waals surface area contributed by atoms with Crippen molar-refractivity contribution in [3.05, 3.63) is 24.0 Å². The topological polar surface area (TPSA) is 66.9 Å². The normalized spacial score (nSPS) is 9.47. The number of nitrogens with zero attached hydrogens (tertiary/aromatic N) is 2. The van der Waals surface area contributed by atoms with Crippen LogP contribution in [-0.2, 0) is 11.3 Å². The Labute approximate surface area is 88.6 Å². The molecular weight excluding hydrogens is 192 g/mol. The van der Waals surface area contributed by atoms with E-state index in [1.807, 2.05) is 0 Å². The molecule has 0 spiro atoms. The van der Waals surface area contributed by atoms with Crippen molar-refractivity contribution in [1.29, 1.82) is 0 Å². The molecule has 1 rings (SSSR count). The molecule has 0 aliphatic rings. The van der Waals surface area contributed by atoms with E-state index in [1.54, 1.807) is 19.3 Å². The van der Waals surface area contributed by atoms with Gasteiger partial charge in [-0.3, -0.25) is 4.79 Å². The van der Waals surface area contributed by atoms with Gasteiger partial charge in [0.25, 0.3) is 0 Å². The van der Waals surface area contributed by atoms with Crippen LogP contribution in [-0.4, -0.2) is 22.9 Å². The molecule has 5 nitrogen and oxygen atoms in total. The smallest absolute Gasteiger partial charge is 0.222 e. The molecular formula is C10H14N4O. The standard InChI is InChI=1S/C10H14N4O/c1-4-9-8(5-12-7(2)15)6-13-10(11-3)14-9/h4,6H,1,5H2,2-3H3,(H,12,15)(H,11,13,14). The second-order valence-corrected chi connectivity index (χ2v) is 2.97. The SMILES string of the molecule is C=Cc1nc(NC)ncc1CNC(C)=O. The van der Waals surface area contributed by atoms with Crippen LogP contribution in [0, 0.1) is 0 Å². The average molecular weight is 206 g/mol. The van der Waals surface area contributed by atoms with Crippen LogP contribution < -0.4 is 10.6 Å². The summed E-state index contributed by atoms with van der Waals surface area (Å²) in [6.45, 7) is 5.55. The predicted molar refractivity (Wildman–Crippen MR) is 59.2 cm³/mol. The largest absolute Gasteiger partial charge is 0.357 e. The summed E-state index contributed by atoms with van der Waals surface area (Å²) in [7, 11) is 1.75. The van der Waals surface area contributed by atoms with E-state index in [1.165, 1.54) is 6.92 Å². The van der Waals surface area contributed by atoms with Crippen LogP contribution in [0.25, 0.3) is 6.08 Å².